The Hall–Kier alpha value is -2.54. The molecule has 1 aliphatic rings. The zero-order valence-corrected chi connectivity index (χ0v) is 13.4. The highest BCUT2D eigenvalue weighted by molar-refractivity contribution is 6.11. The highest BCUT2D eigenvalue weighted by Crippen LogP contribution is 2.38. The molecule has 1 heteroatoms. The molecular formula is C22H18O. The Morgan fingerprint density at radius 1 is 0.826 bits per heavy atom. The van der Waals surface area contributed by atoms with E-state index >= 15 is 0 Å². The van der Waals surface area contributed by atoms with Gasteiger partial charge < -0.3 is 4.42 Å². The van der Waals surface area contributed by atoms with Crippen LogP contribution in [-0.2, 0) is 6.42 Å². The third kappa shape index (κ3) is 1.68. The second-order valence-corrected chi connectivity index (χ2v) is 6.58. The SMILES string of the molecule is Cc1c2c(c(C)c3cc4oc5ccccc5c4cc13)CCC=C2. The van der Waals surface area contributed by atoms with Crippen LogP contribution in [-0.4, -0.2) is 0 Å². The molecule has 23 heavy (non-hydrogen) atoms. The van der Waals surface area contributed by atoms with Crippen molar-refractivity contribution < 1.29 is 4.42 Å². The summed E-state index contributed by atoms with van der Waals surface area (Å²) in [6.45, 7) is 4.51. The first kappa shape index (κ1) is 13.0. The van der Waals surface area contributed by atoms with E-state index in [4.69, 9.17) is 4.42 Å². The molecule has 0 atom stereocenters. The summed E-state index contributed by atoms with van der Waals surface area (Å²) < 4.78 is 6.09. The number of hydrogen-bond donors (Lipinski definition) is 0. The van der Waals surface area contributed by atoms with Gasteiger partial charge in [-0.2, -0.15) is 0 Å². The van der Waals surface area contributed by atoms with Crippen molar-refractivity contribution in [3.63, 3.8) is 0 Å². The molecule has 112 valence electrons. The van der Waals surface area contributed by atoms with Gasteiger partial charge in [0, 0.05) is 10.8 Å². The molecule has 5 rings (SSSR count). The number of furan rings is 1. The predicted octanol–water partition coefficient (Wildman–Crippen LogP) is 6.32. The zero-order chi connectivity index (χ0) is 15.6. The van der Waals surface area contributed by atoms with Gasteiger partial charge in [0.1, 0.15) is 11.2 Å². The fourth-order valence-electron chi connectivity index (χ4n) is 4.10. The van der Waals surface area contributed by atoms with Crippen LogP contribution in [0.2, 0.25) is 0 Å². The Kier molecular flexibility index (Phi) is 2.52. The Morgan fingerprint density at radius 2 is 1.65 bits per heavy atom. The summed E-state index contributed by atoms with van der Waals surface area (Å²) >= 11 is 0. The van der Waals surface area contributed by atoms with Gasteiger partial charge in [-0.3, -0.25) is 0 Å². The molecule has 0 saturated heterocycles. The summed E-state index contributed by atoms with van der Waals surface area (Å²) in [5.41, 5.74) is 7.70. The normalized spacial score (nSPS) is 14.0. The van der Waals surface area contributed by atoms with Gasteiger partial charge in [-0.15, -0.1) is 0 Å². The van der Waals surface area contributed by atoms with Crippen molar-refractivity contribution >= 4 is 38.8 Å². The third-order valence-electron chi connectivity index (χ3n) is 5.35. The first-order valence-electron chi connectivity index (χ1n) is 8.27. The summed E-state index contributed by atoms with van der Waals surface area (Å²) in [5, 5.41) is 5.11. The van der Waals surface area contributed by atoms with Crippen LogP contribution in [0.4, 0.5) is 0 Å². The number of benzene rings is 3. The fourth-order valence-corrected chi connectivity index (χ4v) is 4.10. The number of fused-ring (bicyclic) bond motifs is 5. The molecule has 0 spiro atoms. The minimum atomic E-state index is 0.970. The van der Waals surface area contributed by atoms with Crippen LogP contribution < -0.4 is 0 Å². The van der Waals surface area contributed by atoms with Crippen molar-refractivity contribution in [1.82, 2.24) is 0 Å². The second kappa shape index (κ2) is 4.48. The average Bonchev–Trinajstić information content (AvgIpc) is 2.96. The van der Waals surface area contributed by atoms with Crippen molar-refractivity contribution in [1.29, 1.82) is 0 Å². The van der Waals surface area contributed by atoms with Gasteiger partial charge >= 0.3 is 0 Å². The molecular weight excluding hydrogens is 280 g/mol. The molecule has 0 aliphatic heterocycles. The highest BCUT2D eigenvalue weighted by atomic mass is 16.3. The summed E-state index contributed by atoms with van der Waals surface area (Å²) in [7, 11) is 0. The standard InChI is InChI=1S/C22H18O/c1-13-15-7-3-4-8-16(15)14(2)19-12-22-20(11-18(13)19)17-9-5-6-10-21(17)23-22/h3,5-7,9-12H,4,8H2,1-2H3. The lowest BCUT2D eigenvalue weighted by atomic mass is 9.85. The molecule has 0 unspecified atom stereocenters. The number of aryl methyl sites for hydroxylation is 2. The van der Waals surface area contributed by atoms with E-state index in [1.54, 1.807) is 0 Å². The predicted molar refractivity (Wildman–Crippen MR) is 98.1 cm³/mol. The van der Waals surface area contributed by atoms with Gasteiger partial charge in [-0.25, -0.2) is 0 Å². The van der Waals surface area contributed by atoms with Crippen LogP contribution in [0.1, 0.15) is 28.7 Å². The lowest BCUT2D eigenvalue weighted by molar-refractivity contribution is 0.669. The van der Waals surface area contributed by atoms with Crippen molar-refractivity contribution in [2.45, 2.75) is 26.7 Å². The maximum atomic E-state index is 6.09. The van der Waals surface area contributed by atoms with E-state index in [2.05, 4.69) is 50.3 Å². The van der Waals surface area contributed by atoms with Gasteiger partial charge in [-0.05, 0) is 77.9 Å². The Bertz CT molecular complexity index is 1130. The van der Waals surface area contributed by atoms with E-state index in [1.807, 2.05) is 12.1 Å². The summed E-state index contributed by atoms with van der Waals surface area (Å²) in [6.07, 6.45) is 6.89. The first-order chi connectivity index (χ1) is 11.2. The number of rotatable bonds is 0. The summed E-state index contributed by atoms with van der Waals surface area (Å²) in [4.78, 5) is 0. The molecule has 0 bridgehead atoms. The van der Waals surface area contributed by atoms with Crippen LogP contribution in [0.25, 0.3) is 38.8 Å². The lowest BCUT2D eigenvalue weighted by Crippen LogP contribution is -2.01. The number of allylic oxidation sites excluding steroid dienone is 1. The van der Waals surface area contributed by atoms with E-state index in [1.165, 1.54) is 43.8 Å². The summed E-state index contributed by atoms with van der Waals surface area (Å²) in [5.74, 6) is 0. The van der Waals surface area contributed by atoms with Gasteiger partial charge in [0.2, 0.25) is 0 Å². The Balaban J connectivity index is 2.00. The molecule has 0 fully saturated rings. The molecule has 4 aromatic rings. The minimum Gasteiger partial charge on any atom is -0.456 e. The molecule has 1 heterocycles. The van der Waals surface area contributed by atoms with Crippen LogP contribution in [0.3, 0.4) is 0 Å². The van der Waals surface area contributed by atoms with Crippen molar-refractivity contribution in [2.24, 2.45) is 0 Å². The van der Waals surface area contributed by atoms with Gasteiger partial charge in [-0.1, -0.05) is 30.4 Å². The monoisotopic (exact) mass is 298 g/mol. The molecule has 1 aliphatic carbocycles. The quantitative estimate of drug-likeness (QED) is 0.370. The van der Waals surface area contributed by atoms with Crippen LogP contribution in [0, 0.1) is 13.8 Å². The highest BCUT2D eigenvalue weighted by Gasteiger charge is 2.17. The number of para-hydroxylation sites is 1. The molecule has 3 aromatic carbocycles. The van der Waals surface area contributed by atoms with Crippen LogP contribution >= 0.6 is 0 Å². The zero-order valence-electron chi connectivity index (χ0n) is 13.4. The van der Waals surface area contributed by atoms with E-state index in [9.17, 15) is 0 Å². The van der Waals surface area contributed by atoms with E-state index in [0.717, 1.165) is 24.0 Å². The largest absolute Gasteiger partial charge is 0.456 e. The summed E-state index contributed by atoms with van der Waals surface area (Å²) in [6, 6.07) is 12.9. The van der Waals surface area contributed by atoms with Gasteiger partial charge in [0.05, 0.1) is 0 Å². The molecule has 1 aromatic heterocycles. The fraction of sp³-hybridized carbons (Fsp3) is 0.182. The molecule has 1 nitrogen and oxygen atoms in total. The van der Waals surface area contributed by atoms with E-state index < -0.39 is 0 Å². The van der Waals surface area contributed by atoms with E-state index in [-0.39, 0.29) is 0 Å². The molecule has 0 N–H and O–H groups in total. The van der Waals surface area contributed by atoms with Crippen molar-refractivity contribution in [2.75, 3.05) is 0 Å². The second-order valence-electron chi connectivity index (χ2n) is 6.58. The lowest BCUT2D eigenvalue weighted by Gasteiger charge is -2.19. The van der Waals surface area contributed by atoms with E-state index in [0.29, 0.717) is 0 Å². The average molecular weight is 298 g/mol. The maximum Gasteiger partial charge on any atom is 0.136 e. The smallest absolute Gasteiger partial charge is 0.136 e. The molecule has 0 saturated carbocycles. The van der Waals surface area contributed by atoms with Gasteiger partial charge in [0.15, 0.2) is 0 Å². The maximum absolute atomic E-state index is 6.09. The van der Waals surface area contributed by atoms with Crippen molar-refractivity contribution in [3.8, 4) is 0 Å². The van der Waals surface area contributed by atoms with Crippen LogP contribution in [0.15, 0.2) is 46.9 Å². The number of hydrogen-bond acceptors (Lipinski definition) is 1. The minimum absolute atomic E-state index is 0.970. The third-order valence-corrected chi connectivity index (χ3v) is 5.35. The van der Waals surface area contributed by atoms with Crippen molar-refractivity contribution in [3.05, 3.63) is 64.7 Å². The van der Waals surface area contributed by atoms with Gasteiger partial charge in [0.25, 0.3) is 0 Å². The van der Waals surface area contributed by atoms with Crippen LogP contribution in [0.5, 0.6) is 0 Å². The topological polar surface area (TPSA) is 13.1 Å². The Labute approximate surface area is 135 Å². The molecule has 0 radical (unpaired) electrons. The molecule has 0 amide bonds. The first-order valence-corrected chi connectivity index (χ1v) is 8.27. The Morgan fingerprint density at radius 3 is 2.57 bits per heavy atom.